The van der Waals surface area contributed by atoms with Gasteiger partial charge in [0.1, 0.15) is 12.0 Å². The molecular formula is C21H26O6. The van der Waals surface area contributed by atoms with E-state index in [1.54, 1.807) is 0 Å². The van der Waals surface area contributed by atoms with E-state index in [9.17, 15) is 9.59 Å². The van der Waals surface area contributed by atoms with Crippen LogP contribution in [0.15, 0.2) is 45.8 Å². The molecule has 0 aliphatic heterocycles. The zero-order chi connectivity index (χ0) is 19.5. The molecule has 0 bridgehead atoms. The molecule has 0 aliphatic rings. The van der Waals surface area contributed by atoms with Crippen molar-refractivity contribution in [2.45, 2.75) is 39.0 Å². The lowest BCUT2D eigenvalue weighted by Crippen LogP contribution is -2.12. The summed E-state index contributed by atoms with van der Waals surface area (Å²) in [6.45, 7) is 3.20. The van der Waals surface area contributed by atoms with Crippen LogP contribution in [0, 0.1) is 0 Å². The minimum absolute atomic E-state index is 0.0902. The summed E-state index contributed by atoms with van der Waals surface area (Å²) < 4.78 is 20.8. The zero-order valence-electron chi connectivity index (χ0n) is 15.9. The van der Waals surface area contributed by atoms with Crippen molar-refractivity contribution in [3.05, 3.63) is 58.1 Å². The Labute approximate surface area is 159 Å². The highest BCUT2D eigenvalue weighted by atomic mass is 16.5. The Kier molecular flexibility index (Phi) is 8.42. The van der Waals surface area contributed by atoms with Gasteiger partial charge in [-0.3, -0.25) is 4.79 Å². The fraction of sp³-hybridized carbons (Fsp3) is 0.429. The summed E-state index contributed by atoms with van der Waals surface area (Å²) in [5.74, 6) is 0.209. The monoisotopic (exact) mass is 374 g/mol. The van der Waals surface area contributed by atoms with Crippen molar-refractivity contribution in [1.29, 1.82) is 0 Å². The molecule has 1 aromatic heterocycles. The maximum atomic E-state index is 11.9. The summed E-state index contributed by atoms with van der Waals surface area (Å²) in [6.07, 6.45) is 5.86. The Morgan fingerprint density at radius 1 is 1.04 bits per heavy atom. The molecule has 0 fully saturated rings. The standard InChI is InChI=1S/C21H26O6/c1-3-9-16-10-5-6-11-18(16)25-12-7-4-8-13-26-20-15-27-19(14-17(20)22)21(23)24-2/h5-6,10-11,14-15H,3-4,7-9,12-13H2,1-2H3. The highest BCUT2D eigenvalue weighted by Crippen LogP contribution is 2.19. The minimum Gasteiger partial charge on any atom is -0.493 e. The van der Waals surface area contributed by atoms with Gasteiger partial charge in [-0.2, -0.15) is 0 Å². The number of para-hydroxylation sites is 1. The van der Waals surface area contributed by atoms with E-state index in [4.69, 9.17) is 13.9 Å². The van der Waals surface area contributed by atoms with Gasteiger partial charge in [0, 0.05) is 6.07 Å². The molecule has 2 rings (SSSR count). The molecule has 0 amide bonds. The van der Waals surface area contributed by atoms with Crippen molar-refractivity contribution in [2.75, 3.05) is 20.3 Å². The summed E-state index contributed by atoms with van der Waals surface area (Å²) in [4.78, 5) is 23.1. The summed E-state index contributed by atoms with van der Waals surface area (Å²) >= 11 is 0. The largest absolute Gasteiger partial charge is 0.493 e. The number of rotatable bonds is 11. The van der Waals surface area contributed by atoms with E-state index in [1.807, 2.05) is 18.2 Å². The van der Waals surface area contributed by atoms with Crippen LogP contribution in [0.5, 0.6) is 11.5 Å². The van der Waals surface area contributed by atoms with Gasteiger partial charge < -0.3 is 18.6 Å². The summed E-state index contributed by atoms with van der Waals surface area (Å²) in [5, 5.41) is 0. The van der Waals surface area contributed by atoms with Gasteiger partial charge in [0.05, 0.1) is 20.3 Å². The summed E-state index contributed by atoms with van der Waals surface area (Å²) in [5.41, 5.74) is 0.836. The van der Waals surface area contributed by atoms with Crippen LogP contribution in [0.1, 0.15) is 48.7 Å². The van der Waals surface area contributed by atoms with Gasteiger partial charge in [0.15, 0.2) is 0 Å². The Bertz CT molecular complexity index is 780. The zero-order valence-corrected chi connectivity index (χ0v) is 15.9. The lowest BCUT2D eigenvalue weighted by Gasteiger charge is -2.11. The van der Waals surface area contributed by atoms with Crippen molar-refractivity contribution in [3.8, 4) is 11.5 Å². The minimum atomic E-state index is -0.695. The number of esters is 1. The van der Waals surface area contributed by atoms with E-state index in [0.717, 1.165) is 50.2 Å². The molecule has 146 valence electrons. The maximum absolute atomic E-state index is 11.9. The molecule has 6 nitrogen and oxygen atoms in total. The third-order valence-electron chi connectivity index (χ3n) is 3.98. The molecule has 6 heteroatoms. The van der Waals surface area contributed by atoms with Gasteiger partial charge in [0.2, 0.25) is 16.9 Å². The number of carbonyl (C=O) groups is 1. The summed E-state index contributed by atoms with van der Waals surface area (Å²) in [7, 11) is 1.22. The normalized spacial score (nSPS) is 10.4. The number of aryl methyl sites for hydroxylation is 1. The third-order valence-corrected chi connectivity index (χ3v) is 3.98. The first-order valence-electron chi connectivity index (χ1n) is 9.20. The van der Waals surface area contributed by atoms with Gasteiger partial charge >= 0.3 is 5.97 Å². The first-order valence-corrected chi connectivity index (χ1v) is 9.20. The molecule has 0 unspecified atom stereocenters. The molecule has 1 heterocycles. The molecule has 0 atom stereocenters. The second-order valence-electron chi connectivity index (χ2n) is 6.08. The van der Waals surface area contributed by atoms with Crippen molar-refractivity contribution >= 4 is 5.97 Å². The van der Waals surface area contributed by atoms with E-state index < -0.39 is 11.4 Å². The predicted octanol–water partition coefficient (Wildman–Crippen LogP) is 4.01. The average Bonchev–Trinajstić information content (AvgIpc) is 2.69. The van der Waals surface area contributed by atoms with Crippen LogP contribution in [0.4, 0.5) is 0 Å². The van der Waals surface area contributed by atoms with Crippen LogP contribution in [0.2, 0.25) is 0 Å². The van der Waals surface area contributed by atoms with Gasteiger partial charge in [-0.1, -0.05) is 31.5 Å². The number of benzene rings is 1. The van der Waals surface area contributed by atoms with Crippen molar-refractivity contribution in [3.63, 3.8) is 0 Å². The van der Waals surface area contributed by atoms with Crippen LogP contribution in [-0.2, 0) is 11.2 Å². The number of unbranched alkanes of at least 4 members (excludes halogenated alkanes) is 2. The second kappa shape index (κ2) is 11.1. The topological polar surface area (TPSA) is 75.0 Å². The number of carbonyl (C=O) groups excluding carboxylic acids is 1. The fourth-order valence-corrected chi connectivity index (χ4v) is 2.58. The molecule has 27 heavy (non-hydrogen) atoms. The first kappa shape index (κ1) is 20.6. The van der Waals surface area contributed by atoms with E-state index in [0.29, 0.717) is 13.2 Å². The fourth-order valence-electron chi connectivity index (χ4n) is 2.58. The van der Waals surface area contributed by atoms with Crippen LogP contribution in [0.25, 0.3) is 0 Å². The van der Waals surface area contributed by atoms with Gasteiger partial charge in [-0.25, -0.2) is 4.79 Å². The van der Waals surface area contributed by atoms with Crippen LogP contribution in [-0.4, -0.2) is 26.3 Å². The third kappa shape index (κ3) is 6.47. The maximum Gasteiger partial charge on any atom is 0.374 e. The molecule has 0 N–H and O–H groups in total. The van der Waals surface area contributed by atoms with Gasteiger partial charge in [0.25, 0.3) is 0 Å². The van der Waals surface area contributed by atoms with E-state index in [-0.39, 0.29) is 11.5 Å². The van der Waals surface area contributed by atoms with Crippen molar-refractivity contribution < 1.29 is 23.4 Å². The number of methoxy groups -OCH3 is 1. The molecule has 0 saturated carbocycles. The van der Waals surface area contributed by atoms with Crippen molar-refractivity contribution in [2.24, 2.45) is 0 Å². The average molecular weight is 374 g/mol. The van der Waals surface area contributed by atoms with E-state index in [1.165, 1.54) is 12.7 Å². The van der Waals surface area contributed by atoms with Crippen molar-refractivity contribution in [1.82, 2.24) is 0 Å². The molecule has 0 spiro atoms. The molecule has 0 radical (unpaired) electrons. The van der Waals surface area contributed by atoms with Crippen LogP contribution < -0.4 is 14.9 Å². The second-order valence-corrected chi connectivity index (χ2v) is 6.08. The quantitative estimate of drug-likeness (QED) is 0.437. The molecule has 0 saturated heterocycles. The Morgan fingerprint density at radius 2 is 1.74 bits per heavy atom. The summed E-state index contributed by atoms with van der Waals surface area (Å²) in [6, 6.07) is 9.20. The van der Waals surface area contributed by atoms with Gasteiger partial charge in [-0.15, -0.1) is 0 Å². The molecular weight excluding hydrogens is 348 g/mol. The molecule has 0 aliphatic carbocycles. The number of hydrogen-bond acceptors (Lipinski definition) is 6. The smallest absolute Gasteiger partial charge is 0.374 e. The van der Waals surface area contributed by atoms with Crippen LogP contribution >= 0.6 is 0 Å². The Hall–Kier alpha value is -2.76. The first-order chi connectivity index (χ1) is 13.2. The van der Waals surface area contributed by atoms with Crippen LogP contribution in [0.3, 0.4) is 0 Å². The predicted molar refractivity (Wildman–Crippen MR) is 102 cm³/mol. The number of hydrogen-bond donors (Lipinski definition) is 0. The lowest BCUT2D eigenvalue weighted by atomic mass is 10.1. The molecule has 2 aromatic rings. The molecule has 1 aromatic carbocycles. The lowest BCUT2D eigenvalue weighted by molar-refractivity contribution is 0.0561. The van der Waals surface area contributed by atoms with E-state index >= 15 is 0 Å². The van der Waals surface area contributed by atoms with E-state index in [2.05, 4.69) is 17.7 Å². The highest BCUT2D eigenvalue weighted by molar-refractivity contribution is 5.85. The van der Waals surface area contributed by atoms with Gasteiger partial charge in [-0.05, 0) is 37.3 Å². The Balaban J connectivity index is 1.67. The Morgan fingerprint density at radius 3 is 2.41 bits per heavy atom. The highest BCUT2D eigenvalue weighted by Gasteiger charge is 2.11. The SMILES string of the molecule is CCCc1ccccc1OCCCCCOc1coc(C(=O)OC)cc1=O. The number of ether oxygens (including phenoxy) is 3.